The molecule has 0 radical (unpaired) electrons. The van der Waals surface area contributed by atoms with Crippen LogP contribution in [0, 0.1) is 0 Å². The monoisotopic (exact) mass is 804 g/mol. The molecule has 336 valence electrons. The predicted molar refractivity (Wildman–Crippen MR) is 246 cm³/mol. The number of rotatable bonds is 46. The molecule has 0 fully saturated rings. The normalized spacial score (nSPS) is 12.8. The Labute approximate surface area is 354 Å². The van der Waals surface area contributed by atoms with E-state index in [0.717, 1.165) is 64.2 Å². The Kier molecular flexibility index (Phi) is 45.7. The first-order chi connectivity index (χ1) is 28.0. The van der Waals surface area contributed by atoms with Gasteiger partial charge in [0.15, 0.2) is 0 Å². The van der Waals surface area contributed by atoms with Gasteiger partial charge in [0.25, 0.3) is 0 Å². The first kappa shape index (κ1) is 55.3. The lowest BCUT2D eigenvalue weighted by atomic mass is 10.0. The minimum absolute atomic E-state index is 0.0114. The van der Waals surface area contributed by atoms with Crippen LogP contribution < -0.4 is 5.32 Å². The van der Waals surface area contributed by atoms with Crippen molar-refractivity contribution in [2.75, 3.05) is 13.2 Å². The summed E-state index contributed by atoms with van der Waals surface area (Å²) in [6, 6.07) is -0.551. The fourth-order valence-electron chi connectivity index (χ4n) is 7.57. The van der Waals surface area contributed by atoms with Crippen LogP contribution in [0.15, 0.2) is 24.3 Å². The number of aliphatic hydroxyl groups is 2. The van der Waals surface area contributed by atoms with E-state index in [1.165, 1.54) is 167 Å². The molecule has 0 bridgehead atoms. The van der Waals surface area contributed by atoms with Crippen LogP contribution in [0.2, 0.25) is 0 Å². The average molecular weight is 804 g/mol. The fourth-order valence-corrected chi connectivity index (χ4v) is 7.57. The van der Waals surface area contributed by atoms with Crippen molar-refractivity contribution in [2.45, 2.75) is 276 Å². The third-order valence-corrected chi connectivity index (χ3v) is 11.5. The number of nitrogens with one attached hydrogen (secondary N) is 1. The van der Waals surface area contributed by atoms with E-state index in [9.17, 15) is 19.8 Å². The van der Waals surface area contributed by atoms with Crippen molar-refractivity contribution in [2.24, 2.45) is 0 Å². The molecule has 1 amide bonds. The van der Waals surface area contributed by atoms with Gasteiger partial charge in [-0.1, -0.05) is 199 Å². The van der Waals surface area contributed by atoms with E-state index in [1.807, 2.05) is 0 Å². The summed E-state index contributed by atoms with van der Waals surface area (Å²) in [5.41, 5.74) is 0. The molecule has 0 saturated carbocycles. The summed E-state index contributed by atoms with van der Waals surface area (Å²) in [4.78, 5) is 24.4. The number of esters is 1. The maximum atomic E-state index is 12.4. The summed E-state index contributed by atoms with van der Waals surface area (Å²) in [6.07, 6.45) is 54.4. The SMILES string of the molecule is CCCCCCCC/C=C\CCCCCCCC(=O)OCCCCCCCCC/C=C\CCCCCCCC(=O)NC(CO)C(O)CCCCCCCCCCC. The van der Waals surface area contributed by atoms with Crippen molar-refractivity contribution in [3.63, 3.8) is 0 Å². The molecule has 0 aromatic rings. The standard InChI is InChI=1S/C51H97NO5/c1-3-5-7-9-11-13-14-15-18-22-25-29-33-37-41-45-51(56)57-46-42-38-34-30-26-23-20-17-16-19-21-24-28-32-36-40-44-50(55)52-48(47-53)49(54)43-39-35-31-27-12-10-8-6-4-2/h15-16,18-19,48-49,53-54H,3-14,17,20-47H2,1-2H3,(H,52,55)/b18-15-,19-16-. The lowest BCUT2D eigenvalue weighted by Gasteiger charge is -2.22. The summed E-state index contributed by atoms with van der Waals surface area (Å²) < 4.78 is 5.46. The van der Waals surface area contributed by atoms with Crippen molar-refractivity contribution in [1.82, 2.24) is 5.32 Å². The molecule has 6 heteroatoms. The largest absolute Gasteiger partial charge is 0.466 e. The van der Waals surface area contributed by atoms with Crippen LogP contribution in [-0.2, 0) is 14.3 Å². The molecule has 0 aromatic heterocycles. The highest BCUT2D eigenvalue weighted by atomic mass is 16.5. The number of hydrogen-bond acceptors (Lipinski definition) is 5. The van der Waals surface area contributed by atoms with Crippen LogP contribution in [0.1, 0.15) is 264 Å². The number of ether oxygens (including phenoxy) is 1. The third-order valence-electron chi connectivity index (χ3n) is 11.5. The van der Waals surface area contributed by atoms with Crippen LogP contribution in [0.3, 0.4) is 0 Å². The summed E-state index contributed by atoms with van der Waals surface area (Å²) in [5.74, 6) is -0.0668. The van der Waals surface area contributed by atoms with Crippen molar-refractivity contribution >= 4 is 11.9 Å². The number of amides is 1. The molecule has 0 saturated heterocycles. The van der Waals surface area contributed by atoms with Gasteiger partial charge in [-0.3, -0.25) is 9.59 Å². The van der Waals surface area contributed by atoms with E-state index < -0.39 is 12.1 Å². The van der Waals surface area contributed by atoms with E-state index >= 15 is 0 Å². The molecule has 0 aliphatic carbocycles. The molecule has 6 nitrogen and oxygen atoms in total. The van der Waals surface area contributed by atoms with Crippen LogP contribution >= 0.6 is 0 Å². The van der Waals surface area contributed by atoms with Gasteiger partial charge in [-0.25, -0.2) is 0 Å². The maximum absolute atomic E-state index is 12.4. The lowest BCUT2D eigenvalue weighted by molar-refractivity contribution is -0.143. The van der Waals surface area contributed by atoms with Crippen molar-refractivity contribution < 1.29 is 24.5 Å². The molecule has 0 aliphatic heterocycles. The average Bonchev–Trinajstić information content (AvgIpc) is 3.21. The highest BCUT2D eigenvalue weighted by Gasteiger charge is 2.20. The van der Waals surface area contributed by atoms with Crippen LogP contribution in [0.25, 0.3) is 0 Å². The quantitative estimate of drug-likeness (QED) is 0.0324. The predicted octanol–water partition coefficient (Wildman–Crippen LogP) is 14.7. The van der Waals surface area contributed by atoms with Crippen molar-refractivity contribution in [3.05, 3.63) is 24.3 Å². The van der Waals surface area contributed by atoms with Crippen LogP contribution in [-0.4, -0.2) is 47.4 Å². The summed E-state index contributed by atoms with van der Waals surface area (Å²) in [6.45, 7) is 4.89. The van der Waals surface area contributed by atoms with E-state index in [-0.39, 0.29) is 18.5 Å². The molecule has 2 atom stereocenters. The Hall–Kier alpha value is -1.66. The Balaban J connectivity index is 3.45. The zero-order chi connectivity index (χ0) is 41.5. The van der Waals surface area contributed by atoms with E-state index in [4.69, 9.17) is 4.74 Å². The Bertz CT molecular complexity index is 889. The second-order valence-electron chi connectivity index (χ2n) is 17.1. The fraction of sp³-hybridized carbons (Fsp3) is 0.882. The highest BCUT2D eigenvalue weighted by Crippen LogP contribution is 2.15. The van der Waals surface area contributed by atoms with Gasteiger partial charge in [-0.05, 0) is 77.0 Å². The number of unbranched alkanes of at least 4 members (excludes halogenated alkanes) is 31. The first-order valence-corrected chi connectivity index (χ1v) is 25.1. The van der Waals surface area contributed by atoms with Crippen LogP contribution in [0.4, 0.5) is 0 Å². The minimum Gasteiger partial charge on any atom is -0.466 e. The molecule has 3 N–H and O–H groups in total. The molecular weight excluding hydrogens is 707 g/mol. The van der Waals surface area contributed by atoms with E-state index in [2.05, 4.69) is 43.5 Å². The maximum Gasteiger partial charge on any atom is 0.305 e. The summed E-state index contributed by atoms with van der Waals surface area (Å²) in [5, 5.41) is 23.0. The highest BCUT2D eigenvalue weighted by molar-refractivity contribution is 5.76. The molecule has 0 aliphatic rings. The second kappa shape index (κ2) is 47.0. The zero-order valence-electron chi connectivity index (χ0n) is 38.1. The summed E-state index contributed by atoms with van der Waals surface area (Å²) >= 11 is 0. The molecule has 0 rings (SSSR count). The molecule has 57 heavy (non-hydrogen) atoms. The van der Waals surface area contributed by atoms with Gasteiger partial charge in [-0.2, -0.15) is 0 Å². The van der Waals surface area contributed by atoms with Gasteiger partial charge >= 0.3 is 5.97 Å². The number of hydrogen-bond donors (Lipinski definition) is 3. The van der Waals surface area contributed by atoms with Gasteiger partial charge in [-0.15, -0.1) is 0 Å². The third kappa shape index (κ3) is 43.7. The summed E-state index contributed by atoms with van der Waals surface area (Å²) in [7, 11) is 0. The van der Waals surface area contributed by atoms with E-state index in [0.29, 0.717) is 25.9 Å². The molecule has 0 spiro atoms. The van der Waals surface area contributed by atoms with Crippen molar-refractivity contribution in [1.29, 1.82) is 0 Å². The Morgan fingerprint density at radius 2 is 0.825 bits per heavy atom. The van der Waals surface area contributed by atoms with Gasteiger partial charge < -0.3 is 20.3 Å². The number of allylic oxidation sites excluding steroid dienone is 4. The van der Waals surface area contributed by atoms with E-state index in [1.54, 1.807) is 0 Å². The van der Waals surface area contributed by atoms with Gasteiger partial charge in [0.1, 0.15) is 0 Å². The topological polar surface area (TPSA) is 95.9 Å². The smallest absolute Gasteiger partial charge is 0.305 e. The first-order valence-electron chi connectivity index (χ1n) is 25.1. The molecule has 0 aromatic carbocycles. The van der Waals surface area contributed by atoms with Gasteiger partial charge in [0.05, 0.1) is 25.4 Å². The molecule has 0 heterocycles. The number of carbonyl (C=O) groups excluding carboxylic acids is 2. The van der Waals surface area contributed by atoms with Crippen molar-refractivity contribution in [3.8, 4) is 0 Å². The van der Waals surface area contributed by atoms with Crippen LogP contribution in [0.5, 0.6) is 0 Å². The molecular formula is C51H97NO5. The Morgan fingerprint density at radius 1 is 0.474 bits per heavy atom. The number of carbonyl (C=O) groups is 2. The zero-order valence-corrected chi connectivity index (χ0v) is 38.1. The number of aliphatic hydroxyl groups excluding tert-OH is 2. The second-order valence-corrected chi connectivity index (χ2v) is 17.1. The van der Waals surface area contributed by atoms with Gasteiger partial charge in [0.2, 0.25) is 5.91 Å². The van der Waals surface area contributed by atoms with Gasteiger partial charge in [0, 0.05) is 12.8 Å². The Morgan fingerprint density at radius 3 is 1.25 bits per heavy atom. The minimum atomic E-state index is -0.672. The molecule has 2 unspecified atom stereocenters. The lowest BCUT2D eigenvalue weighted by Crippen LogP contribution is -2.45.